The van der Waals surface area contributed by atoms with E-state index in [1.807, 2.05) is 0 Å². The molecule has 1 unspecified atom stereocenters. The lowest BCUT2D eigenvalue weighted by Gasteiger charge is -2.43. The third-order valence-corrected chi connectivity index (χ3v) is 6.49. The van der Waals surface area contributed by atoms with Gasteiger partial charge in [-0.25, -0.2) is 0 Å². The number of nitrogens with one attached hydrogen (secondary N) is 1. The molecule has 2 aliphatic heterocycles. The number of methoxy groups -OCH3 is 1. The van der Waals surface area contributed by atoms with Crippen LogP contribution >= 0.6 is 0 Å². The highest BCUT2D eigenvalue weighted by Gasteiger charge is 2.43. The quantitative estimate of drug-likeness (QED) is 0.865. The summed E-state index contributed by atoms with van der Waals surface area (Å²) in [7, 11) is 1.63. The molecule has 0 saturated carbocycles. The molecule has 1 N–H and O–H groups in total. The van der Waals surface area contributed by atoms with Crippen LogP contribution in [-0.4, -0.2) is 42.8 Å². The van der Waals surface area contributed by atoms with E-state index in [1.165, 1.54) is 11.1 Å². The Morgan fingerprint density at radius 3 is 2.96 bits per heavy atom. The van der Waals surface area contributed by atoms with Gasteiger partial charge >= 0.3 is 6.01 Å². The van der Waals surface area contributed by atoms with Gasteiger partial charge in [-0.2, -0.15) is 9.97 Å². The van der Waals surface area contributed by atoms with Crippen LogP contribution in [0.4, 0.5) is 5.82 Å². The summed E-state index contributed by atoms with van der Waals surface area (Å²) in [4.78, 5) is 11.7. The molecule has 0 amide bonds. The molecule has 28 heavy (non-hydrogen) atoms. The smallest absolute Gasteiger partial charge is 0.321 e. The monoisotopic (exact) mass is 380 g/mol. The molecular weight excluding hydrogens is 352 g/mol. The lowest BCUT2D eigenvalue weighted by Crippen LogP contribution is -2.51. The second-order valence-electron chi connectivity index (χ2n) is 8.17. The van der Waals surface area contributed by atoms with Gasteiger partial charge in [-0.15, -0.1) is 0 Å². The number of aryl methyl sites for hydroxylation is 1. The zero-order valence-corrected chi connectivity index (χ0v) is 16.7. The van der Waals surface area contributed by atoms with E-state index in [9.17, 15) is 0 Å². The standard InChI is InChI=1S/C22H28N4O2/c1-15-14-23-12-13-26(15)19-17-9-11-22(28-20(17)25-21(24-19)27-2)10-5-7-16-6-3-4-8-18(16)22/h3-4,6,8,15,23H,5,7,9-14H2,1-2H3/t15-,22?/m0/s1. The first-order valence-electron chi connectivity index (χ1n) is 10.4. The van der Waals surface area contributed by atoms with E-state index >= 15 is 0 Å². The van der Waals surface area contributed by atoms with E-state index in [4.69, 9.17) is 14.5 Å². The van der Waals surface area contributed by atoms with Gasteiger partial charge < -0.3 is 19.7 Å². The molecule has 1 aromatic heterocycles. The Balaban J connectivity index is 1.57. The first kappa shape index (κ1) is 17.7. The number of aromatic nitrogens is 2. The summed E-state index contributed by atoms with van der Waals surface area (Å²) in [5, 5.41) is 3.45. The summed E-state index contributed by atoms with van der Waals surface area (Å²) in [5.74, 6) is 1.69. The molecule has 1 spiro atoms. The highest BCUT2D eigenvalue weighted by molar-refractivity contribution is 5.55. The minimum Gasteiger partial charge on any atom is -0.467 e. The van der Waals surface area contributed by atoms with E-state index in [1.54, 1.807) is 7.11 Å². The number of piperazine rings is 1. The number of hydrogen-bond acceptors (Lipinski definition) is 6. The van der Waals surface area contributed by atoms with Crippen LogP contribution in [0.3, 0.4) is 0 Å². The van der Waals surface area contributed by atoms with Crippen LogP contribution in [0.1, 0.15) is 42.9 Å². The average Bonchev–Trinajstić information content (AvgIpc) is 2.73. The molecule has 5 rings (SSSR count). The summed E-state index contributed by atoms with van der Waals surface area (Å²) >= 11 is 0. The van der Waals surface area contributed by atoms with Crippen LogP contribution in [0.5, 0.6) is 11.9 Å². The fourth-order valence-electron chi connectivity index (χ4n) is 5.03. The zero-order chi connectivity index (χ0) is 19.1. The van der Waals surface area contributed by atoms with E-state index in [0.717, 1.165) is 63.1 Å². The van der Waals surface area contributed by atoms with Crippen molar-refractivity contribution in [3.8, 4) is 11.9 Å². The molecule has 2 atom stereocenters. The number of hydrogen-bond donors (Lipinski definition) is 1. The fraction of sp³-hybridized carbons (Fsp3) is 0.545. The van der Waals surface area contributed by atoms with Gasteiger partial charge in [0.15, 0.2) is 0 Å². The molecule has 3 aliphatic rings. The van der Waals surface area contributed by atoms with Gasteiger partial charge in [0, 0.05) is 25.7 Å². The maximum atomic E-state index is 6.72. The number of benzene rings is 1. The van der Waals surface area contributed by atoms with Crippen LogP contribution in [0.15, 0.2) is 24.3 Å². The number of nitrogens with zero attached hydrogens (tertiary/aromatic N) is 3. The summed E-state index contributed by atoms with van der Waals surface area (Å²) in [6, 6.07) is 9.49. The molecule has 0 radical (unpaired) electrons. The van der Waals surface area contributed by atoms with Crippen LogP contribution < -0.4 is 19.7 Å². The predicted molar refractivity (Wildman–Crippen MR) is 108 cm³/mol. The summed E-state index contributed by atoms with van der Waals surface area (Å²) in [6.07, 6.45) is 5.22. The van der Waals surface area contributed by atoms with Crippen LogP contribution in [0.2, 0.25) is 0 Å². The van der Waals surface area contributed by atoms with Gasteiger partial charge in [-0.05, 0) is 50.2 Å². The second kappa shape index (κ2) is 6.92. The van der Waals surface area contributed by atoms with Crippen molar-refractivity contribution in [1.82, 2.24) is 15.3 Å². The topological polar surface area (TPSA) is 59.5 Å². The number of rotatable bonds is 2. The summed E-state index contributed by atoms with van der Waals surface area (Å²) < 4.78 is 12.2. The first-order valence-corrected chi connectivity index (χ1v) is 10.4. The van der Waals surface area contributed by atoms with Crippen molar-refractivity contribution >= 4 is 5.82 Å². The molecule has 3 heterocycles. The third kappa shape index (κ3) is 2.82. The molecule has 1 fully saturated rings. The molecular formula is C22H28N4O2. The Morgan fingerprint density at radius 2 is 2.11 bits per heavy atom. The second-order valence-corrected chi connectivity index (χ2v) is 8.17. The van der Waals surface area contributed by atoms with Gasteiger partial charge in [0.25, 0.3) is 0 Å². The minimum atomic E-state index is -0.270. The van der Waals surface area contributed by atoms with Gasteiger partial charge in [0.2, 0.25) is 5.88 Å². The molecule has 1 aliphatic carbocycles. The lowest BCUT2D eigenvalue weighted by atomic mass is 9.75. The Labute approximate surface area is 166 Å². The largest absolute Gasteiger partial charge is 0.467 e. The maximum Gasteiger partial charge on any atom is 0.321 e. The van der Waals surface area contributed by atoms with Crippen LogP contribution in [0.25, 0.3) is 0 Å². The van der Waals surface area contributed by atoms with Gasteiger partial charge in [0.1, 0.15) is 11.4 Å². The summed E-state index contributed by atoms with van der Waals surface area (Å²) in [6.45, 7) is 5.08. The van der Waals surface area contributed by atoms with Gasteiger partial charge in [0.05, 0.1) is 12.7 Å². The average molecular weight is 380 g/mol. The number of anilines is 1. The minimum absolute atomic E-state index is 0.270. The van der Waals surface area contributed by atoms with Gasteiger partial charge in [-0.1, -0.05) is 24.3 Å². The molecule has 0 bridgehead atoms. The van der Waals surface area contributed by atoms with Crippen molar-refractivity contribution in [1.29, 1.82) is 0 Å². The zero-order valence-electron chi connectivity index (χ0n) is 16.7. The lowest BCUT2D eigenvalue weighted by molar-refractivity contribution is 0.0193. The van der Waals surface area contributed by atoms with Crippen molar-refractivity contribution in [2.75, 3.05) is 31.6 Å². The van der Waals surface area contributed by atoms with E-state index in [2.05, 4.69) is 46.4 Å². The van der Waals surface area contributed by atoms with Crippen LogP contribution in [-0.2, 0) is 18.4 Å². The van der Waals surface area contributed by atoms with Crippen LogP contribution in [0, 0.1) is 0 Å². The molecule has 6 heteroatoms. The Hall–Kier alpha value is -2.34. The van der Waals surface area contributed by atoms with Crippen molar-refractivity contribution < 1.29 is 9.47 Å². The van der Waals surface area contributed by atoms with E-state index in [0.29, 0.717) is 17.9 Å². The third-order valence-electron chi connectivity index (χ3n) is 6.49. The molecule has 2 aromatic rings. The highest BCUT2D eigenvalue weighted by Crippen LogP contribution is 2.48. The Kier molecular flexibility index (Phi) is 4.38. The van der Waals surface area contributed by atoms with Crippen molar-refractivity contribution in [3.63, 3.8) is 0 Å². The van der Waals surface area contributed by atoms with E-state index < -0.39 is 0 Å². The van der Waals surface area contributed by atoms with Crippen molar-refractivity contribution in [3.05, 3.63) is 41.0 Å². The molecule has 6 nitrogen and oxygen atoms in total. The highest BCUT2D eigenvalue weighted by atomic mass is 16.5. The maximum absolute atomic E-state index is 6.72. The molecule has 1 saturated heterocycles. The summed E-state index contributed by atoms with van der Waals surface area (Å²) in [5.41, 5.74) is 3.60. The SMILES string of the molecule is COc1nc2c(c(N3CCNC[C@@H]3C)n1)CCC1(CCCc3ccccc31)O2. The normalized spacial score (nSPS) is 26.4. The van der Waals surface area contributed by atoms with E-state index in [-0.39, 0.29) is 5.60 Å². The van der Waals surface area contributed by atoms with Crippen molar-refractivity contribution in [2.45, 2.75) is 50.7 Å². The number of fused-ring (bicyclic) bond motifs is 3. The fourth-order valence-corrected chi connectivity index (χ4v) is 5.03. The predicted octanol–water partition coefficient (Wildman–Crippen LogP) is 2.84. The molecule has 148 valence electrons. The number of ether oxygens (including phenoxy) is 2. The van der Waals surface area contributed by atoms with Crippen molar-refractivity contribution in [2.24, 2.45) is 0 Å². The molecule has 1 aromatic carbocycles. The van der Waals surface area contributed by atoms with Gasteiger partial charge in [-0.3, -0.25) is 0 Å². The first-order chi connectivity index (χ1) is 13.7. The Morgan fingerprint density at radius 1 is 1.21 bits per heavy atom. The Bertz CT molecular complexity index is 887.